The normalized spacial score (nSPS) is 17.6. The van der Waals surface area contributed by atoms with Crippen LogP contribution < -0.4 is 16.4 Å². The molecule has 0 aliphatic heterocycles. The molecule has 1 unspecified atom stereocenters. The second kappa shape index (κ2) is 7.11. The van der Waals surface area contributed by atoms with Gasteiger partial charge in [0.25, 0.3) is 0 Å². The number of amides is 1. The zero-order valence-electron chi connectivity index (χ0n) is 10.5. The average molecular weight is 242 g/mol. The highest BCUT2D eigenvalue weighted by molar-refractivity contribution is 5.84. The van der Waals surface area contributed by atoms with E-state index in [0.29, 0.717) is 12.5 Å². The molecule has 6 heteroatoms. The topological polar surface area (TPSA) is 88.7 Å². The van der Waals surface area contributed by atoms with E-state index in [1.54, 1.807) is 7.11 Å². The first kappa shape index (κ1) is 13.8. The van der Waals surface area contributed by atoms with E-state index in [0.717, 1.165) is 6.54 Å². The smallest absolute Gasteiger partial charge is 0.241 e. The van der Waals surface area contributed by atoms with E-state index in [1.165, 1.54) is 12.8 Å². The minimum atomic E-state index is -0.0824. The summed E-state index contributed by atoms with van der Waals surface area (Å²) in [5.41, 5.74) is 5.62. The number of ether oxygens (including phenoxy) is 1. The Hall–Kier alpha value is -1.30. The van der Waals surface area contributed by atoms with Gasteiger partial charge in [-0.15, -0.1) is 0 Å². The molecule has 1 saturated carbocycles. The minimum absolute atomic E-state index is 0.0747. The second-order valence-electron chi connectivity index (χ2n) is 4.45. The van der Waals surface area contributed by atoms with Crippen molar-refractivity contribution in [3.63, 3.8) is 0 Å². The Kier molecular flexibility index (Phi) is 5.76. The van der Waals surface area contributed by atoms with E-state index in [1.807, 2.05) is 6.92 Å². The first-order valence-electron chi connectivity index (χ1n) is 5.94. The molecule has 0 aromatic carbocycles. The number of carbonyl (C=O) groups is 1. The number of guanidine groups is 1. The number of methoxy groups -OCH3 is 1. The highest BCUT2D eigenvalue weighted by atomic mass is 16.5. The van der Waals surface area contributed by atoms with Crippen LogP contribution in [0.25, 0.3) is 0 Å². The molecule has 0 saturated heterocycles. The van der Waals surface area contributed by atoms with Gasteiger partial charge in [-0.25, -0.2) is 4.99 Å². The summed E-state index contributed by atoms with van der Waals surface area (Å²) in [4.78, 5) is 15.3. The number of hydrogen-bond donors (Lipinski definition) is 3. The SMILES string of the molecule is COCC(C)NC(N)=NCC(=O)NCC1CC1. The van der Waals surface area contributed by atoms with Crippen molar-refractivity contribution in [2.45, 2.75) is 25.8 Å². The van der Waals surface area contributed by atoms with Crippen molar-refractivity contribution in [1.82, 2.24) is 10.6 Å². The lowest BCUT2D eigenvalue weighted by atomic mass is 10.4. The molecule has 0 spiro atoms. The van der Waals surface area contributed by atoms with Gasteiger partial charge in [0.05, 0.1) is 6.61 Å². The van der Waals surface area contributed by atoms with Crippen LogP contribution in [0.15, 0.2) is 4.99 Å². The number of rotatable bonds is 7. The average Bonchev–Trinajstić information content (AvgIpc) is 3.07. The predicted octanol–water partition coefficient (Wildman–Crippen LogP) is -0.548. The summed E-state index contributed by atoms with van der Waals surface area (Å²) >= 11 is 0. The van der Waals surface area contributed by atoms with Gasteiger partial charge in [-0.05, 0) is 25.7 Å². The molecule has 6 nitrogen and oxygen atoms in total. The molecular formula is C11H22N4O2. The van der Waals surface area contributed by atoms with E-state index in [4.69, 9.17) is 10.5 Å². The van der Waals surface area contributed by atoms with Crippen LogP contribution in [0.5, 0.6) is 0 Å². The third-order valence-corrected chi connectivity index (χ3v) is 2.49. The van der Waals surface area contributed by atoms with Crippen LogP contribution in [-0.2, 0) is 9.53 Å². The lowest BCUT2D eigenvalue weighted by molar-refractivity contribution is -0.119. The van der Waals surface area contributed by atoms with Crippen LogP contribution in [0.4, 0.5) is 0 Å². The van der Waals surface area contributed by atoms with E-state index in [-0.39, 0.29) is 24.5 Å². The van der Waals surface area contributed by atoms with Crippen LogP contribution in [0.3, 0.4) is 0 Å². The van der Waals surface area contributed by atoms with Crippen molar-refractivity contribution in [1.29, 1.82) is 0 Å². The Bertz CT molecular complexity index is 277. The number of aliphatic imine (C=N–C) groups is 1. The van der Waals surface area contributed by atoms with Crippen molar-refractivity contribution in [3.05, 3.63) is 0 Å². The fourth-order valence-electron chi connectivity index (χ4n) is 1.38. The monoisotopic (exact) mass is 242 g/mol. The Balaban J connectivity index is 2.13. The van der Waals surface area contributed by atoms with Crippen molar-refractivity contribution in [3.8, 4) is 0 Å². The summed E-state index contributed by atoms with van der Waals surface area (Å²) in [5, 5.41) is 5.76. The molecule has 98 valence electrons. The molecule has 0 heterocycles. The molecule has 1 amide bonds. The number of hydrogen-bond acceptors (Lipinski definition) is 3. The quantitative estimate of drug-likeness (QED) is 0.413. The summed E-state index contributed by atoms with van der Waals surface area (Å²) in [5.74, 6) is 0.872. The molecule has 0 aromatic rings. The number of nitrogens with two attached hydrogens (primary N) is 1. The zero-order chi connectivity index (χ0) is 12.7. The lowest BCUT2D eigenvalue weighted by Gasteiger charge is -2.12. The van der Waals surface area contributed by atoms with Gasteiger partial charge in [-0.3, -0.25) is 4.79 Å². The highest BCUT2D eigenvalue weighted by Gasteiger charge is 2.21. The van der Waals surface area contributed by atoms with Gasteiger partial charge in [-0.2, -0.15) is 0 Å². The van der Waals surface area contributed by atoms with Gasteiger partial charge >= 0.3 is 0 Å². The summed E-state index contributed by atoms with van der Waals surface area (Å²) in [6.07, 6.45) is 2.45. The molecule has 1 atom stereocenters. The minimum Gasteiger partial charge on any atom is -0.383 e. The van der Waals surface area contributed by atoms with Crippen molar-refractivity contribution in [2.75, 3.05) is 26.8 Å². The van der Waals surface area contributed by atoms with Crippen molar-refractivity contribution in [2.24, 2.45) is 16.6 Å². The molecule has 1 aliphatic rings. The van der Waals surface area contributed by atoms with E-state index in [9.17, 15) is 4.79 Å². The Morgan fingerprint density at radius 2 is 2.29 bits per heavy atom. The van der Waals surface area contributed by atoms with Crippen LogP contribution >= 0.6 is 0 Å². The van der Waals surface area contributed by atoms with Gasteiger partial charge in [0, 0.05) is 19.7 Å². The first-order chi connectivity index (χ1) is 8.11. The molecule has 1 rings (SSSR count). The Morgan fingerprint density at radius 1 is 1.59 bits per heavy atom. The zero-order valence-corrected chi connectivity index (χ0v) is 10.5. The van der Waals surface area contributed by atoms with Gasteiger partial charge in [0.1, 0.15) is 6.54 Å². The van der Waals surface area contributed by atoms with Gasteiger partial charge in [-0.1, -0.05) is 0 Å². The van der Waals surface area contributed by atoms with Crippen LogP contribution in [0.2, 0.25) is 0 Å². The van der Waals surface area contributed by atoms with Gasteiger partial charge < -0.3 is 21.1 Å². The Morgan fingerprint density at radius 3 is 2.88 bits per heavy atom. The molecule has 0 radical (unpaired) electrons. The second-order valence-corrected chi connectivity index (χ2v) is 4.45. The van der Waals surface area contributed by atoms with E-state index >= 15 is 0 Å². The van der Waals surface area contributed by atoms with Gasteiger partial charge in [0.2, 0.25) is 5.91 Å². The molecule has 1 fully saturated rings. The molecule has 4 N–H and O–H groups in total. The molecule has 17 heavy (non-hydrogen) atoms. The maximum absolute atomic E-state index is 11.4. The largest absolute Gasteiger partial charge is 0.383 e. The summed E-state index contributed by atoms with van der Waals surface area (Å²) in [6, 6.07) is 0.0817. The van der Waals surface area contributed by atoms with Crippen LogP contribution in [-0.4, -0.2) is 44.7 Å². The third-order valence-electron chi connectivity index (χ3n) is 2.49. The summed E-state index contributed by atoms with van der Waals surface area (Å²) in [6.45, 7) is 3.32. The maximum atomic E-state index is 11.4. The number of carbonyl (C=O) groups excluding carboxylic acids is 1. The molecular weight excluding hydrogens is 220 g/mol. The van der Waals surface area contributed by atoms with E-state index in [2.05, 4.69) is 15.6 Å². The van der Waals surface area contributed by atoms with E-state index < -0.39 is 0 Å². The molecule has 0 bridgehead atoms. The van der Waals surface area contributed by atoms with Crippen LogP contribution in [0, 0.1) is 5.92 Å². The fourth-order valence-corrected chi connectivity index (χ4v) is 1.38. The number of nitrogens with one attached hydrogen (secondary N) is 2. The lowest BCUT2D eigenvalue weighted by Crippen LogP contribution is -2.41. The fraction of sp³-hybridized carbons (Fsp3) is 0.818. The van der Waals surface area contributed by atoms with Crippen LogP contribution in [0.1, 0.15) is 19.8 Å². The third kappa shape index (κ3) is 6.78. The molecule has 0 aromatic heterocycles. The summed E-state index contributed by atoms with van der Waals surface area (Å²) in [7, 11) is 1.62. The first-order valence-corrected chi connectivity index (χ1v) is 5.94. The standard InChI is InChI=1S/C11H22N4O2/c1-8(7-17-2)15-11(12)14-6-10(16)13-5-9-3-4-9/h8-9H,3-7H2,1-2H3,(H,13,16)(H3,12,14,15). The maximum Gasteiger partial charge on any atom is 0.241 e. The van der Waals surface area contributed by atoms with Crippen molar-refractivity contribution < 1.29 is 9.53 Å². The number of nitrogens with zero attached hydrogens (tertiary/aromatic N) is 1. The van der Waals surface area contributed by atoms with Gasteiger partial charge in [0.15, 0.2) is 5.96 Å². The Labute approximate surface area is 102 Å². The van der Waals surface area contributed by atoms with Crippen molar-refractivity contribution >= 4 is 11.9 Å². The summed E-state index contributed by atoms with van der Waals surface area (Å²) < 4.78 is 4.95. The highest BCUT2D eigenvalue weighted by Crippen LogP contribution is 2.27. The molecule has 1 aliphatic carbocycles. The predicted molar refractivity (Wildman–Crippen MR) is 66.7 cm³/mol.